The van der Waals surface area contributed by atoms with Crippen LogP contribution in [0.5, 0.6) is 0 Å². The lowest BCUT2D eigenvalue weighted by molar-refractivity contribution is -0.132. The lowest BCUT2D eigenvalue weighted by atomic mass is 10.1. The van der Waals surface area contributed by atoms with Gasteiger partial charge >= 0.3 is 0 Å². The summed E-state index contributed by atoms with van der Waals surface area (Å²) >= 11 is 3.54. The molecule has 5 nitrogen and oxygen atoms in total. The molecule has 0 saturated carbocycles. The van der Waals surface area contributed by atoms with Crippen LogP contribution in [0.1, 0.15) is 25.5 Å². The quantitative estimate of drug-likeness (QED) is 0.821. The second-order valence-electron chi connectivity index (χ2n) is 4.94. The number of nitrogens with zero attached hydrogens (tertiary/aromatic N) is 1. The molecule has 2 rings (SSSR count). The van der Waals surface area contributed by atoms with Crippen molar-refractivity contribution in [1.82, 2.24) is 10.6 Å². The highest BCUT2D eigenvalue weighted by Gasteiger charge is 2.31. The van der Waals surface area contributed by atoms with Crippen molar-refractivity contribution < 1.29 is 9.59 Å². The van der Waals surface area contributed by atoms with Gasteiger partial charge < -0.3 is 10.2 Å². The highest BCUT2D eigenvalue weighted by Crippen LogP contribution is 2.31. The van der Waals surface area contributed by atoms with Gasteiger partial charge in [0.2, 0.25) is 11.8 Å². The Bertz CT molecular complexity index is 547. The number of hydrogen-bond acceptors (Lipinski definition) is 4. The molecule has 1 saturated heterocycles. The molecule has 2 N–H and O–H groups in total. The minimum absolute atomic E-state index is 0.187. The molecule has 1 heterocycles. The number of halogens is 1. The third-order valence-electron chi connectivity index (χ3n) is 3.64. The van der Waals surface area contributed by atoms with Crippen molar-refractivity contribution >= 4 is 33.4 Å². The van der Waals surface area contributed by atoms with Gasteiger partial charge in [0.1, 0.15) is 6.04 Å². The molecule has 2 unspecified atom stereocenters. The molecular weight excluding hydrogens is 322 g/mol. The van der Waals surface area contributed by atoms with E-state index in [0.717, 1.165) is 15.7 Å². The fourth-order valence-electron chi connectivity index (χ4n) is 2.20. The zero-order chi connectivity index (χ0) is 14.9. The first-order valence-corrected chi connectivity index (χ1v) is 7.30. The Kier molecular flexibility index (Phi) is 4.45. The van der Waals surface area contributed by atoms with E-state index in [2.05, 4.69) is 33.5 Å². The van der Waals surface area contributed by atoms with Crippen molar-refractivity contribution in [2.24, 2.45) is 0 Å². The van der Waals surface area contributed by atoms with Crippen molar-refractivity contribution in [1.29, 1.82) is 0 Å². The zero-order valence-electron chi connectivity index (χ0n) is 11.7. The second kappa shape index (κ2) is 5.93. The van der Waals surface area contributed by atoms with E-state index in [1.807, 2.05) is 25.2 Å². The first-order valence-electron chi connectivity index (χ1n) is 6.51. The highest BCUT2D eigenvalue weighted by atomic mass is 79.9. The van der Waals surface area contributed by atoms with Crippen molar-refractivity contribution in [3.8, 4) is 0 Å². The second-order valence-corrected chi connectivity index (χ2v) is 5.79. The summed E-state index contributed by atoms with van der Waals surface area (Å²) in [4.78, 5) is 25.1. The van der Waals surface area contributed by atoms with Gasteiger partial charge in [0.25, 0.3) is 0 Å². The van der Waals surface area contributed by atoms with Gasteiger partial charge in [-0.05, 0) is 54.5 Å². The lowest BCUT2D eigenvalue weighted by Gasteiger charge is -2.34. The third-order valence-corrected chi connectivity index (χ3v) is 4.27. The van der Waals surface area contributed by atoms with E-state index in [4.69, 9.17) is 0 Å². The summed E-state index contributed by atoms with van der Waals surface area (Å²) in [6.45, 7) is 4.05. The Labute approximate surface area is 126 Å². The average molecular weight is 340 g/mol. The smallest absolute Gasteiger partial charge is 0.249 e. The Morgan fingerprint density at radius 2 is 2.15 bits per heavy atom. The van der Waals surface area contributed by atoms with Gasteiger partial charge in [0.15, 0.2) is 0 Å². The summed E-state index contributed by atoms with van der Waals surface area (Å²) in [5.41, 5.74) is 2.00. The number of carbonyl (C=O) groups is 2. The van der Waals surface area contributed by atoms with Crippen LogP contribution in [0.25, 0.3) is 0 Å². The van der Waals surface area contributed by atoms with Crippen LogP contribution in [-0.4, -0.2) is 31.4 Å². The monoisotopic (exact) mass is 339 g/mol. The molecule has 1 aromatic carbocycles. The van der Waals surface area contributed by atoms with Gasteiger partial charge in [-0.3, -0.25) is 14.9 Å². The first-order chi connectivity index (χ1) is 9.43. The van der Waals surface area contributed by atoms with Crippen molar-refractivity contribution in [3.63, 3.8) is 0 Å². The van der Waals surface area contributed by atoms with Crippen molar-refractivity contribution in [3.05, 3.63) is 28.2 Å². The molecule has 0 radical (unpaired) electrons. The number of hydrogen-bond donors (Lipinski definition) is 2. The summed E-state index contributed by atoms with van der Waals surface area (Å²) in [7, 11) is 1.90. The largest absolute Gasteiger partial charge is 0.350 e. The lowest BCUT2D eigenvalue weighted by Crippen LogP contribution is -2.57. The number of piperazine rings is 1. The number of rotatable bonds is 3. The maximum Gasteiger partial charge on any atom is 0.249 e. The molecule has 1 aliphatic rings. The number of anilines is 1. The van der Waals surface area contributed by atoms with E-state index in [0.29, 0.717) is 0 Å². The molecular formula is C14H18BrN3O2. The summed E-state index contributed by atoms with van der Waals surface area (Å²) in [6, 6.07) is 5.83. The number of carbonyl (C=O) groups excluding carboxylic acids is 2. The molecule has 0 bridgehead atoms. The molecule has 1 fully saturated rings. The summed E-state index contributed by atoms with van der Waals surface area (Å²) in [5.74, 6) is -0.534. The average Bonchev–Trinajstić information content (AvgIpc) is 2.42. The van der Waals surface area contributed by atoms with Gasteiger partial charge in [0, 0.05) is 10.5 Å². The Morgan fingerprint density at radius 1 is 1.45 bits per heavy atom. The molecule has 0 spiro atoms. The maximum atomic E-state index is 11.7. The maximum absolute atomic E-state index is 11.7. The molecule has 1 aromatic rings. The predicted octanol–water partition coefficient (Wildman–Crippen LogP) is 1.58. The fourth-order valence-corrected chi connectivity index (χ4v) is 2.82. The van der Waals surface area contributed by atoms with Gasteiger partial charge in [0.05, 0.1) is 12.2 Å². The van der Waals surface area contributed by atoms with E-state index in [-0.39, 0.29) is 30.4 Å². The van der Waals surface area contributed by atoms with Crippen LogP contribution < -0.4 is 15.5 Å². The number of nitrogens with one attached hydrogen (secondary N) is 2. The minimum atomic E-state index is -0.364. The summed E-state index contributed by atoms with van der Waals surface area (Å²) in [6.07, 6.45) is 0. The van der Waals surface area contributed by atoms with E-state index in [1.54, 1.807) is 11.8 Å². The first kappa shape index (κ1) is 15.0. The van der Waals surface area contributed by atoms with Crippen LogP contribution in [-0.2, 0) is 9.59 Å². The Morgan fingerprint density at radius 3 is 2.75 bits per heavy atom. The predicted molar refractivity (Wildman–Crippen MR) is 81.6 cm³/mol. The van der Waals surface area contributed by atoms with Gasteiger partial charge in [-0.15, -0.1) is 0 Å². The third kappa shape index (κ3) is 2.86. The Hall–Kier alpha value is -1.40. The zero-order valence-corrected chi connectivity index (χ0v) is 13.3. The van der Waals surface area contributed by atoms with E-state index >= 15 is 0 Å². The fraction of sp³-hybridized carbons (Fsp3) is 0.429. The standard InChI is InChI=1S/C14H18BrN3O2/c1-8(16-3)10-4-5-12(11(15)6-10)18-7-13(19)17-14(20)9(18)2/h4-6,8-9,16H,7H2,1-3H3,(H,17,19,20). The molecule has 0 aliphatic carbocycles. The van der Waals surface area contributed by atoms with Crippen molar-refractivity contribution in [2.45, 2.75) is 25.9 Å². The van der Waals surface area contributed by atoms with Gasteiger partial charge in [-0.1, -0.05) is 6.07 Å². The molecule has 6 heteroatoms. The normalized spacial score (nSPS) is 20.8. The van der Waals surface area contributed by atoms with Gasteiger partial charge in [-0.25, -0.2) is 0 Å². The SMILES string of the molecule is CNC(C)c1ccc(N2CC(=O)NC(=O)C2C)c(Br)c1. The topological polar surface area (TPSA) is 61.4 Å². The number of benzene rings is 1. The molecule has 1 aliphatic heterocycles. The molecule has 2 amide bonds. The van der Waals surface area contributed by atoms with E-state index in [9.17, 15) is 9.59 Å². The summed E-state index contributed by atoms with van der Waals surface area (Å²) in [5, 5.41) is 5.52. The summed E-state index contributed by atoms with van der Waals surface area (Å²) < 4.78 is 0.881. The molecule has 2 atom stereocenters. The van der Waals surface area contributed by atoms with E-state index < -0.39 is 0 Å². The van der Waals surface area contributed by atoms with Crippen molar-refractivity contribution in [2.75, 3.05) is 18.5 Å². The van der Waals surface area contributed by atoms with Crippen LogP contribution in [0.4, 0.5) is 5.69 Å². The van der Waals surface area contributed by atoms with Crippen LogP contribution in [0.2, 0.25) is 0 Å². The molecule has 0 aromatic heterocycles. The van der Waals surface area contributed by atoms with Crippen LogP contribution in [0.3, 0.4) is 0 Å². The molecule has 108 valence electrons. The number of imide groups is 1. The van der Waals surface area contributed by atoms with Crippen LogP contribution >= 0.6 is 15.9 Å². The molecule has 20 heavy (non-hydrogen) atoms. The van der Waals surface area contributed by atoms with Crippen LogP contribution in [0.15, 0.2) is 22.7 Å². The van der Waals surface area contributed by atoms with Crippen LogP contribution in [0, 0.1) is 0 Å². The highest BCUT2D eigenvalue weighted by molar-refractivity contribution is 9.10. The Balaban J connectivity index is 2.32. The van der Waals surface area contributed by atoms with E-state index in [1.165, 1.54) is 0 Å². The minimum Gasteiger partial charge on any atom is -0.350 e. The number of amides is 2. The van der Waals surface area contributed by atoms with Gasteiger partial charge in [-0.2, -0.15) is 0 Å².